The molecule has 0 radical (unpaired) electrons. The van der Waals surface area contributed by atoms with E-state index in [-0.39, 0.29) is 17.6 Å². The fourth-order valence-electron chi connectivity index (χ4n) is 4.51. The molecule has 2 aliphatic rings. The number of carbonyl (C=O) groups is 2. The van der Waals surface area contributed by atoms with Crippen LogP contribution in [0.5, 0.6) is 0 Å². The molecular weight excluding hydrogens is 404 g/mol. The third-order valence-electron chi connectivity index (χ3n) is 5.88. The van der Waals surface area contributed by atoms with Crippen LogP contribution in [0.15, 0.2) is 77.2 Å². The van der Waals surface area contributed by atoms with Gasteiger partial charge in [0.25, 0.3) is 5.91 Å². The molecule has 1 saturated carbocycles. The fourth-order valence-corrected chi connectivity index (χ4v) is 5.34. The molecule has 0 N–H and O–H groups in total. The van der Waals surface area contributed by atoms with Crippen molar-refractivity contribution in [2.45, 2.75) is 12.8 Å². The zero-order chi connectivity index (χ0) is 20.2. The Bertz CT molecular complexity index is 1130. The Morgan fingerprint density at radius 2 is 1.79 bits per heavy atom. The van der Waals surface area contributed by atoms with Gasteiger partial charge in [-0.1, -0.05) is 48.0 Å². The van der Waals surface area contributed by atoms with Gasteiger partial charge in [0.2, 0.25) is 0 Å². The van der Waals surface area contributed by atoms with Crippen molar-refractivity contribution in [2.75, 3.05) is 5.01 Å². The third-order valence-corrected chi connectivity index (χ3v) is 7.01. The van der Waals surface area contributed by atoms with Crippen molar-refractivity contribution >= 4 is 46.0 Å². The van der Waals surface area contributed by atoms with Crippen LogP contribution in [0.2, 0.25) is 5.02 Å². The van der Waals surface area contributed by atoms with Crippen LogP contribution in [0.3, 0.4) is 0 Å². The number of halogens is 1. The highest BCUT2D eigenvalue weighted by Crippen LogP contribution is 2.69. The number of hydrogen-bond donors (Lipinski definition) is 0. The second-order valence-corrected chi connectivity index (χ2v) is 8.74. The van der Waals surface area contributed by atoms with Crippen LogP contribution >= 0.6 is 22.9 Å². The predicted molar refractivity (Wildman–Crippen MR) is 116 cm³/mol. The van der Waals surface area contributed by atoms with E-state index in [0.717, 1.165) is 5.56 Å². The van der Waals surface area contributed by atoms with Gasteiger partial charge in [-0.3, -0.25) is 9.59 Å². The Hall–Kier alpha value is -2.76. The highest BCUT2D eigenvalue weighted by Gasteiger charge is 2.77. The van der Waals surface area contributed by atoms with E-state index in [2.05, 4.69) is 5.10 Å². The van der Waals surface area contributed by atoms with E-state index in [0.29, 0.717) is 21.3 Å². The van der Waals surface area contributed by atoms with Gasteiger partial charge >= 0.3 is 0 Å². The van der Waals surface area contributed by atoms with Crippen LogP contribution in [0, 0.1) is 11.3 Å². The van der Waals surface area contributed by atoms with Crippen LogP contribution in [0.4, 0.5) is 5.69 Å². The number of rotatable bonds is 4. The Labute approximate surface area is 177 Å². The monoisotopic (exact) mass is 420 g/mol. The summed E-state index contributed by atoms with van der Waals surface area (Å²) in [5.74, 6) is -0.861. The van der Waals surface area contributed by atoms with Crippen LogP contribution in [-0.4, -0.2) is 17.4 Å². The van der Waals surface area contributed by atoms with Crippen molar-refractivity contribution in [3.8, 4) is 0 Å². The van der Waals surface area contributed by atoms with Crippen molar-refractivity contribution < 1.29 is 9.59 Å². The van der Waals surface area contributed by atoms with Crippen molar-refractivity contribution in [1.29, 1.82) is 0 Å². The molecule has 29 heavy (non-hydrogen) atoms. The second-order valence-electron chi connectivity index (χ2n) is 7.36. The Kier molecular flexibility index (Phi) is 4.19. The molecule has 2 aromatic carbocycles. The average Bonchev–Trinajstić information content (AvgIpc) is 3.02. The van der Waals surface area contributed by atoms with Crippen LogP contribution in [0.25, 0.3) is 0 Å². The quantitative estimate of drug-likeness (QED) is 0.530. The zero-order valence-corrected chi connectivity index (χ0v) is 17.2. The highest BCUT2D eigenvalue weighted by molar-refractivity contribution is 7.12. The van der Waals surface area contributed by atoms with Gasteiger partial charge in [0.1, 0.15) is 5.41 Å². The molecule has 1 spiro atoms. The van der Waals surface area contributed by atoms with E-state index in [4.69, 9.17) is 11.6 Å². The topological polar surface area (TPSA) is 49.7 Å². The third kappa shape index (κ3) is 2.61. The number of ketones is 1. The van der Waals surface area contributed by atoms with Gasteiger partial charge in [-0.15, -0.1) is 11.3 Å². The number of benzene rings is 2. The molecule has 6 heteroatoms. The van der Waals surface area contributed by atoms with E-state index in [1.165, 1.54) is 16.3 Å². The number of nitrogens with zero attached hydrogens (tertiary/aromatic N) is 2. The number of amides is 1. The minimum absolute atomic E-state index is 0.00207. The Balaban J connectivity index is 1.60. The van der Waals surface area contributed by atoms with Gasteiger partial charge in [0.15, 0.2) is 5.78 Å². The van der Waals surface area contributed by atoms with Crippen LogP contribution < -0.4 is 5.01 Å². The molecular formula is C23H17ClN2O2S. The molecule has 144 valence electrons. The Morgan fingerprint density at radius 3 is 2.45 bits per heavy atom. The van der Waals surface area contributed by atoms with Crippen molar-refractivity contribution in [3.05, 3.63) is 87.6 Å². The number of Topliss-reactive ketones (excluding diaryl/α,β-unsaturated/α-hetero) is 1. The lowest BCUT2D eigenvalue weighted by Gasteiger charge is -2.15. The normalized spacial score (nSPS) is 25.4. The van der Waals surface area contributed by atoms with E-state index in [1.807, 2.05) is 66.9 Å². The van der Waals surface area contributed by atoms with E-state index < -0.39 is 11.3 Å². The minimum atomic E-state index is -0.940. The molecule has 1 fully saturated rings. The minimum Gasteiger partial charge on any atom is -0.293 e. The summed E-state index contributed by atoms with van der Waals surface area (Å²) in [6.07, 6.45) is 0. The maximum Gasteiger partial charge on any atom is 0.260 e. The maximum atomic E-state index is 13.7. The van der Waals surface area contributed by atoms with Gasteiger partial charge < -0.3 is 0 Å². The van der Waals surface area contributed by atoms with Crippen LogP contribution in [-0.2, 0) is 4.79 Å². The lowest BCUT2D eigenvalue weighted by molar-refractivity contribution is -0.121. The van der Waals surface area contributed by atoms with E-state index in [1.54, 1.807) is 12.1 Å². The van der Waals surface area contributed by atoms with E-state index in [9.17, 15) is 9.59 Å². The fraction of sp³-hybridized carbons (Fsp3) is 0.174. The number of thiophene rings is 1. The number of hydrogen-bond acceptors (Lipinski definition) is 4. The molecule has 0 saturated heterocycles. The van der Waals surface area contributed by atoms with Crippen LogP contribution in [0.1, 0.15) is 28.1 Å². The Morgan fingerprint density at radius 1 is 1.07 bits per heavy atom. The second kappa shape index (κ2) is 6.65. The van der Waals surface area contributed by atoms with E-state index >= 15 is 0 Å². The van der Waals surface area contributed by atoms with Gasteiger partial charge in [-0.2, -0.15) is 10.1 Å². The van der Waals surface area contributed by atoms with Crippen molar-refractivity contribution in [1.82, 2.24) is 0 Å². The summed E-state index contributed by atoms with van der Waals surface area (Å²) in [6, 6.07) is 20.4. The molecule has 1 unspecified atom stereocenters. The molecule has 0 bridgehead atoms. The molecule has 1 aliphatic carbocycles. The predicted octanol–water partition coefficient (Wildman–Crippen LogP) is 5.41. The summed E-state index contributed by atoms with van der Waals surface area (Å²) in [5.41, 5.74) is 1.38. The maximum absolute atomic E-state index is 13.7. The zero-order valence-electron chi connectivity index (χ0n) is 15.6. The first-order valence-corrected chi connectivity index (χ1v) is 10.6. The lowest BCUT2D eigenvalue weighted by Crippen LogP contribution is -2.32. The first-order chi connectivity index (χ1) is 14.0. The first-order valence-electron chi connectivity index (χ1n) is 9.33. The molecule has 3 atom stereocenters. The summed E-state index contributed by atoms with van der Waals surface area (Å²) < 4.78 is 0. The standard InChI is InChI=1S/C23H17ClN2O2S/c1-14-23(22(28)26(25-14)17-6-3-2-4-7-17)19(15-9-11-16(24)12-10-15)20(23)21(27)18-8-5-13-29-18/h2-13,19-20H,1H3/t19-,20+,23?/m1/s1. The number of carbonyl (C=O) groups excluding carboxylic acids is 2. The summed E-state index contributed by atoms with van der Waals surface area (Å²) in [7, 11) is 0. The molecule has 1 amide bonds. The SMILES string of the molecule is CC1=NN(c2ccccc2)C(=O)C12[C@H](C(=O)c1cccs1)[C@H]2c1ccc(Cl)cc1. The summed E-state index contributed by atoms with van der Waals surface area (Å²) >= 11 is 7.47. The molecule has 2 heterocycles. The largest absolute Gasteiger partial charge is 0.293 e. The number of para-hydroxylation sites is 1. The molecule has 1 aromatic heterocycles. The number of anilines is 1. The van der Waals surface area contributed by atoms with Gasteiger partial charge in [0.05, 0.1) is 22.2 Å². The van der Waals surface area contributed by atoms with Crippen molar-refractivity contribution in [3.63, 3.8) is 0 Å². The van der Waals surface area contributed by atoms with Gasteiger partial charge in [-0.25, -0.2) is 0 Å². The highest BCUT2D eigenvalue weighted by atomic mass is 35.5. The summed E-state index contributed by atoms with van der Waals surface area (Å²) in [5, 5.41) is 8.54. The molecule has 1 aliphatic heterocycles. The van der Waals surface area contributed by atoms with Crippen molar-refractivity contribution in [2.24, 2.45) is 16.4 Å². The van der Waals surface area contributed by atoms with Gasteiger partial charge in [-0.05, 0) is 48.2 Å². The molecule has 5 rings (SSSR count). The van der Waals surface area contributed by atoms with Gasteiger partial charge in [0, 0.05) is 10.9 Å². The molecule has 3 aromatic rings. The summed E-state index contributed by atoms with van der Waals surface area (Å²) in [4.78, 5) is 27.7. The first kappa shape index (κ1) is 18.3. The smallest absolute Gasteiger partial charge is 0.260 e. The lowest BCUT2D eigenvalue weighted by atomic mass is 9.92. The molecule has 4 nitrogen and oxygen atoms in total. The number of hydrazone groups is 1. The average molecular weight is 421 g/mol. The summed E-state index contributed by atoms with van der Waals surface area (Å²) in [6.45, 7) is 1.85.